The number of rotatable bonds is 7. The average molecular weight is 187 g/mol. The van der Waals surface area contributed by atoms with Gasteiger partial charge in [-0.15, -0.1) is 0 Å². The van der Waals surface area contributed by atoms with Gasteiger partial charge in [0.2, 0.25) is 0 Å². The Hall–Kier alpha value is -0.340. The van der Waals surface area contributed by atoms with Crippen LogP contribution in [0, 0.1) is 0 Å². The van der Waals surface area contributed by atoms with Crippen LogP contribution in [0.15, 0.2) is 12.2 Å². The molecule has 80 valence electrons. The molecule has 0 aliphatic rings. The highest BCUT2D eigenvalue weighted by molar-refractivity contribution is 4.91. The molecular formula is C11H25NO. The minimum atomic E-state index is 0. The maximum absolute atomic E-state index is 3.52. The third-order valence-electron chi connectivity index (χ3n) is 1.98. The van der Waals surface area contributed by atoms with Gasteiger partial charge < -0.3 is 10.8 Å². The van der Waals surface area contributed by atoms with Gasteiger partial charge in [-0.1, -0.05) is 39.3 Å². The number of hydrogen-bond donors (Lipinski definition) is 1. The minimum absolute atomic E-state index is 0. The summed E-state index contributed by atoms with van der Waals surface area (Å²) in [6.07, 6.45) is 9.44. The summed E-state index contributed by atoms with van der Waals surface area (Å²) < 4.78 is 0. The maximum Gasteiger partial charge on any atom is 0.0247 e. The normalized spacial score (nSPS) is 12.8. The van der Waals surface area contributed by atoms with Crippen LogP contribution < -0.4 is 5.32 Å². The van der Waals surface area contributed by atoms with Gasteiger partial charge in [-0.05, 0) is 25.8 Å². The molecule has 0 aromatic carbocycles. The summed E-state index contributed by atoms with van der Waals surface area (Å²) in [5, 5.41) is 3.52. The van der Waals surface area contributed by atoms with Gasteiger partial charge in [0, 0.05) is 6.04 Å². The molecule has 0 amide bonds. The Kier molecular flexibility index (Phi) is 13.6. The predicted octanol–water partition coefficient (Wildman–Crippen LogP) is 2.30. The molecule has 2 heteroatoms. The van der Waals surface area contributed by atoms with Gasteiger partial charge in [-0.2, -0.15) is 0 Å². The van der Waals surface area contributed by atoms with Crippen molar-refractivity contribution in [2.75, 3.05) is 6.54 Å². The van der Waals surface area contributed by atoms with Crippen LogP contribution in [0.4, 0.5) is 0 Å². The van der Waals surface area contributed by atoms with Crippen LogP contribution in [-0.4, -0.2) is 18.1 Å². The molecule has 1 unspecified atom stereocenters. The van der Waals surface area contributed by atoms with E-state index in [1.165, 1.54) is 19.3 Å². The first kappa shape index (κ1) is 15.1. The van der Waals surface area contributed by atoms with Gasteiger partial charge in [0.1, 0.15) is 0 Å². The molecular weight excluding hydrogens is 162 g/mol. The molecule has 0 aromatic rings. The molecule has 2 nitrogen and oxygen atoms in total. The fraction of sp³-hybridized carbons (Fsp3) is 0.818. The fourth-order valence-corrected chi connectivity index (χ4v) is 1.11. The predicted molar refractivity (Wildman–Crippen MR) is 60.0 cm³/mol. The van der Waals surface area contributed by atoms with Crippen molar-refractivity contribution < 1.29 is 5.48 Å². The SMILES string of the molecule is CCC=CC(CC)NCCCC.O. The number of hydrogen-bond acceptors (Lipinski definition) is 1. The molecule has 0 heterocycles. The zero-order chi connectivity index (χ0) is 9.23. The molecule has 0 radical (unpaired) electrons. The summed E-state index contributed by atoms with van der Waals surface area (Å²) in [5.41, 5.74) is 0. The molecule has 0 saturated heterocycles. The number of nitrogens with one attached hydrogen (secondary N) is 1. The molecule has 0 saturated carbocycles. The van der Waals surface area contributed by atoms with Crippen LogP contribution in [0.1, 0.15) is 46.5 Å². The van der Waals surface area contributed by atoms with E-state index in [1.54, 1.807) is 0 Å². The van der Waals surface area contributed by atoms with Crippen molar-refractivity contribution in [3.05, 3.63) is 12.2 Å². The summed E-state index contributed by atoms with van der Waals surface area (Å²) in [4.78, 5) is 0. The average Bonchev–Trinajstić information content (AvgIpc) is 2.11. The molecule has 13 heavy (non-hydrogen) atoms. The lowest BCUT2D eigenvalue weighted by molar-refractivity contribution is 0.557. The summed E-state index contributed by atoms with van der Waals surface area (Å²) >= 11 is 0. The van der Waals surface area contributed by atoms with Gasteiger partial charge in [0.05, 0.1) is 0 Å². The third-order valence-corrected chi connectivity index (χ3v) is 1.98. The summed E-state index contributed by atoms with van der Waals surface area (Å²) in [6.45, 7) is 7.78. The van der Waals surface area contributed by atoms with Gasteiger partial charge in [0.15, 0.2) is 0 Å². The second kappa shape index (κ2) is 11.7. The maximum atomic E-state index is 3.52. The lowest BCUT2D eigenvalue weighted by Gasteiger charge is -2.11. The lowest BCUT2D eigenvalue weighted by Crippen LogP contribution is -2.27. The van der Waals surface area contributed by atoms with Crippen LogP contribution >= 0.6 is 0 Å². The first-order chi connectivity index (χ1) is 5.85. The first-order valence-corrected chi connectivity index (χ1v) is 5.25. The van der Waals surface area contributed by atoms with Gasteiger partial charge in [-0.25, -0.2) is 0 Å². The molecule has 3 N–H and O–H groups in total. The van der Waals surface area contributed by atoms with E-state index in [9.17, 15) is 0 Å². The van der Waals surface area contributed by atoms with Gasteiger partial charge >= 0.3 is 0 Å². The minimum Gasteiger partial charge on any atom is -0.412 e. The van der Waals surface area contributed by atoms with E-state index in [1.807, 2.05) is 0 Å². The molecule has 0 fully saturated rings. The third kappa shape index (κ3) is 9.57. The Morgan fingerprint density at radius 1 is 1.23 bits per heavy atom. The molecule has 0 spiro atoms. The van der Waals surface area contributed by atoms with Crippen molar-refractivity contribution in [2.45, 2.75) is 52.5 Å². The standard InChI is InChI=1S/C11H23N.H2O/c1-4-7-9-11(6-3)12-10-8-5-2;/h7,9,11-12H,4-6,8,10H2,1-3H3;1H2. The van der Waals surface area contributed by atoms with Crippen molar-refractivity contribution in [1.29, 1.82) is 0 Å². The van der Waals surface area contributed by atoms with Crippen LogP contribution in [0.3, 0.4) is 0 Å². The van der Waals surface area contributed by atoms with Crippen LogP contribution in [0.25, 0.3) is 0 Å². The van der Waals surface area contributed by atoms with Crippen LogP contribution in [0.2, 0.25) is 0 Å². The highest BCUT2D eigenvalue weighted by atomic mass is 16.0. The zero-order valence-corrected chi connectivity index (χ0v) is 9.27. The van der Waals surface area contributed by atoms with Crippen LogP contribution in [-0.2, 0) is 0 Å². The van der Waals surface area contributed by atoms with E-state index in [2.05, 4.69) is 38.2 Å². The number of unbranched alkanes of at least 4 members (excludes halogenated alkanes) is 1. The van der Waals surface area contributed by atoms with Gasteiger partial charge in [0.25, 0.3) is 0 Å². The Morgan fingerprint density at radius 2 is 1.92 bits per heavy atom. The second-order valence-electron chi connectivity index (χ2n) is 3.16. The van der Waals surface area contributed by atoms with Crippen molar-refractivity contribution in [3.8, 4) is 0 Å². The van der Waals surface area contributed by atoms with Crippen molar-refractivity contribution in [3.63, 3.8) is 0 Å². The Morgan fingerprint density at radius 3 is 2.38 bits per heavy atom. The highest BCUT2D eigenvalue weighted by Crippen LogP contribution is 1.95. The van der Waals surface area contributed by atoms with E-state index < -0.39 is 0 Å². The summed E-state index contributed by atoms with van der Waals surface area (Å²) in [5.74, 6) is 0. The molecule has 0 rings (SSSR count). The van der Waals surface area contributed by atoms with Gasteiger partial charge in [-0.3, -0.25) is 0 Å². The Balaban J connectivity index is 0. The lowest BCUT2D eigenvalue weighted by atomic mass is 10.2. The van der Waals surface area contributed by atoms with E-state index in [-0.39, 0.29) is 5.48 Å². The molecule has 0 aliphatic carbocycles. The zero-order valence-electron chi connectivity index (χ0n) is 9.27. The quantitative estimate of drug-likeness (QED) is 0.482. The van der Waals surface area contributed by atoms with Crippen LogP contribution in [0.5, 0.6) is 0 Å². The van der Waals surface area contributed by atoms with Crippen molar-refractivity contribution in [2.24, 2.45) is 0 Å². The smallest absolute Gasteiger partial charge is 0.0247 e. The van der Waals surface area contributed by atoms with E-state index in [0.29, 0.717) is 6.04 Å². The fourth-order valence-electron chi connectivity index (χ4n) is 1.11. The highest BCUT2D eigenvalue weighted by Gasteiger charge is 1.97. The molecule has 1 atom stereocenters. The summed E-state index contributed by atoms with van der Waals surface area (Å²) in [7, 11) is 0. The van der Waals surface area contributed by atoms with E-state index in [4.69, 9.17) is 0 Å². The van der Waals surface area contributed by atoms with E-state index >= 15 is 0 Å². The second-order valence-corrected chi connectivity index (χ2v) is 3.16. The molecule has 0 aromatic heterocycles. The summed E-state index contributed by atoms with van der Waals surface area (Å²) in [6, 6.07) is 0.594. The molecule has 0 bridgehead atoms. The molecule has 0 aliphatic heterocycles. The van der Waals surface area contributed by atoms with Crippen molar-refractivity contribution >= 4 is 0 Å². The number of allylic oxidation sites excluding steroid dienone is 1. The largest absolute Gasteiger partial charge is 0.412 e. The first-order valence-electron chi connectivity index (χ1n) is 5.25. The topological polar surface area (TPSA) is 43.5 Å². The Labute approximate surface area is 82.7 Å². The monoisotopic (exact) mass is 187 g/mol. The Bertz CT molecular complexity index is 113. The van der Waals surface area contributed by atoms with E-state index in [0.717, 1.165) is 13.0 Å². The van der Waals surface area contributed by atoms with Crippen molar-refractivity contribution in [1.82, 2.24) is 5.32 Å².